The van der Waals surface area contributed by atoms with Gasteiger partial charge in [-0.15, -0.1) is 0 Å². The van der Waals surface area contributed by atoms with Crippen LogP contribution in [0.2, 0.25) is 0 Å². The zero-order valence-corrected chi connectivity index (χ0v) is 9.18. The minimum absolute atomic E-state index is 0.499. The lowest BCUT2D eigenvalue weighted by Gasteiger charge is -2.24. The molecule has 0 aromatic carbocycles. The van der Waals surface area contributed by atoms with Crippen molar-refractivity contribution in [2.24, 2.45) is 5.92 Å². The van der Waals surface area contributed by atoms with E-state index in [1.807, 2.05) is 0 Å². The van der Waals surface area contributed by atoms with Crippen LogP contribution in [-0.2, 0) is 4.74 Å². The highest BCUT2D eigenvalue weighted by Crippen LogP contribution is 2.26. The van der Waals surface area contributed by atoms with Gasteiger partial charge in [-0.05, 0) is 32.7 Å². The highest BCUT2D eigenvalue weighted by atomic mass is 16.5. The minimum Gasteiger partial charge on any atom is -0.378 e. The summed E-state index contributed by atoms with van der Waals surface area (Å²) >= 11 is 0. The largest absolute Gasteiger partial charge is 0.378 e. The molecule has 0 bridgehead atoms. The number of nitrogens with one attached hydrogen (secondary N) is 1. The first-order valence-electron chi connectivity index (χ1n) is 5.64. The molecule has 78 valence electrons. The van der Waals surface area contributed by atoms with Crippen molar-refractivity contribution in [1.82, 2.24) is 5.32 Å². The van der Waals surface area contributed by atoms with Gasteiger partial charge in [-0.25, -0.2) is 0 Å². The van der Waals surface area contributed by atoms with Crippen molar-refractivity contribution < 1.29 is 4.74 Å². The van der Waals surface area contributed by atoms with E-state index < -0.39 is 0 Å². The highest BCUT2D eigenvalue weighted by molar-refractivity contribution is 4.83. The van der Waals surface area contributed by atoms with Gasteiger partial charge in [0.25, 0.3) is 0 Å². The molecule has 1 N–H and O–H groups in total. The zero-order valence-electron chi connectivity index (χ0n) is 9.18. The number of ether oxygens (including phenoxy) is 1. The third-order valence-corrected chi connectivity index (χ3v) is 3.02. The molecule has 0 amide bonds. The van der Waals surface area contributed by atoms with Crippen molar-refractivity contribution in [1.29, 1.82) is 0 Å². The van der Waals surface area contributed by atoms with Crippen LogP contribution >= 0.6 is 0 Å². The zero-order chi connectivity index (χ0) is 9.68. The molecule has 0 aliphatic carbocycles. The second-order valence-corrected chi connectivity index (χ2v) is 4.01. The van der Waals surface area contributed by atoms with E-state index in [1.54, 1.807) is 0 Å². The van der Waals surface area contributed by atoms with Gasteiger partial charge in [0.15, 0.2) is 0 Å². The Morgan fingerprint density at radius 1 is 1.46 bits per heavy atom. The Labute approximate surface area is 82.0 Å². The number of hydrogen-bond acceptors (Lipinski definition) is 2. The van der Waals surface area contributed by atoms with Crippen LogP contribution in [0.15, 0.2) is 0 Å². The summed E-state index contributed by atoms with van der Waals surface area (Å²) in [6.45, 7) is 8.81. The summed E-state index contributed by atoms with van der Waals surface area (Å²) in [5.41, 5.74) is 0. The van der Waals surface area contributed by atoms with Gasteiger partial charge in [-0.2, -0.15) is 0 Å². The van der Waals surface area contributed by atoms with Crippen LogP contribution in [0, 0.1) is 5.92 Å². The van der Waals surface area contributed by atoms with E-state index in [2.05, 4.69) is 26.1 Å². The van der Waals surface area contributed by atoms with E-state index in [0.717, 1.165) is 25.5 Å². The minimum atomic E-state index is 0.499. The second-order valence-electron chi connectivity index (χ2n) is 4.01. The van der Waals surface area contributed by atoms with Gasteiger partial charge in [-0.1, -0.05) is 13.8 Å². The van der Waals surface area contributed by atoms with Crippen LogP contribution < -0.4 is 5.32 Å². The van der Waals surface area contributed by atoms with Gasteiger partial charge < -0.3 is 10.1 Å². The first-order valence-corrected chi connectivity index (χ1v) is 5.64. The molecular formula is C11H23NO. The van der Waals surface area contributed by atoms with Crippen LogP contribution in [0.5, 0.6) is 0 Å². The molecule has 0 radical (unpaired) electrons. The summed E-state index contributed by atoms with van der Waals surface area (Å²) in [7, 11) is 0. The lowest BCUT2D eigenvalue weighted by atomic mass is 9.92. The third kappa shape index (κ3) is 2.96. The molecule has 0 saturated carbocycles. The Balaban J connectivity index is 2.31. The standard InChI is InChI=1S/C11H23NO/c1-4-7-12-9(3)10-6-8-13-11(10)5-2/h9-12H,4-8H2,1-3H3. The fourth-order valence-corrected chi connectivity index (χ4v) is 2.18. The van der Waals surface area contributed by atoms with Crippen LogP contribution in [-0.4, -0.2) is 25.3 Å². The van der Waals surface area contributed by atoms with Crippen molar-refractivity contribution in [2.45, 2.75) is 52.2 Å². The molecule has 13 heavy (non-hydrogen) atoms. The van der Waals surface area contributed by atoms with Crippen molar-refractivity contribution >= 4 is 0 Å². The molecule has 1 fully saturated rings. The van der Waals surface area contributed by atoms with E-state index in [4.69, 9.17) is 4.74 Å². The molecule has 2 nitrogen and oxygen atoms in total. The summed E-state index contributed by atoms with van der Waals surface area (Å²) in [4.78, 5) is 0. The molecule has 3 atom stereocenters. The summed E-state index contributed by atoms with van der Waals surface area (Å²) < 4.78 is 5.68. The molecule has 1 rings (SSSR count). The Bertz CT molecular complexity index is 138. The number of rotatable bonds is 5. The second kappa shape index (κ2) is 5.61. The molecule has 1 saturated heterocycles. The predicted molar refractivity (Wildman–Crippen MR) is 55.9 cm³/mol. The Morgan fingerprint density at radius 3 is 2.85 bits per heavy atom. The van der Waals surface area contributed by atoms with E-state index in [1.165, 1.54) is 12.8 Å². The molecular weight excluding hydrogens is 162 g/mol. The van der Waals surface area contributed by atoms with Gasteiger partial charge in [0.2, 0.25) is 0 Å². The lowest BCUT2D eigenvalue weighted by molar-refractivity contribution is 0.0793. The molecule has 0 spiro atoms. The average Bonchev–Trinajstić information content (AvgIpc) is 2.61. The van der Waals surface area contributed by atoms with Crippen LogP contribution in [0.25, 0.3) is 0 Å². The Hall–Kier alpha value is -0.0800. The van der Waals surface area contributed by atoms with Gasteiger partial charge in [0.05, 0.1) is 6.10 Å². The van der Waals surface area contributed by atoms with Crippen molar-refractivity contribution in [3.63, 3.8) is 0 Å². The summed E-state index contributed by atoms with van der Waals surface area (Å²) in [5, 5.41) is 3.56. The molecule has 0 aromatic rings. The van der Waals surface area contributed by atoms with E-state index in [-0.39, 0.29) is 0 Å². The smallest absolute Gasteiger partial charge is 0.0616 e. The topological polar surface area (TPSA) is 21.3 Å². The SMILES string of the molecule is CCCNC(C)C1CCOC1CC. The highest BCUT2D eigenvalue weighted by Gasteiger charge is 2.30. The number of hydrogen-bond donors (Lipinski definition) is 1. The van der Waals surface area contributed by atoms with Crippen molar-refractivity contribution in [3.05, 3.63) is 0 Å². The molecule has 1 heterocycles. The average molecular weight is 185 g/mol. The van der Waals surface area contributed by atoms with Crippen LogP contribution in [0.1, 0.15) is 40.0 Å². The Morgan fingerprint density at radius 2 is 2.23 bits per heavy atom. The quantitative estimate of drug-likeness (QED) is 0.709. The molecule has 1 aliphatic rings. The van der Waals surface area contributed by atoms with Gasteiger partial charge in [0, 0.05) is 18.6 Å². The molecule has 3 unspecified atom stereocenters. The fraction of sp³-hybridized carbons (Fsp3) is 1.00. The molecule has 0 aromatic heterocycles. The van der Waals surface area contributed by atoms with Gasteiger partial charge in [0.1, 0.15) is 0 Å². The predicted octanol–water partition coefficient (Wildman–Crippen LogP) is 2.19. The summed E-state index contributed by atoms with van der Waals surface area (Å²) in [6.07, 6.45) is 4.10. The van der Waals surface area contributed by atoms with Gasteiger partial charge >= 0.3 is 0 Å². The maximum atomic E-state index is 5.68. The van der Waals surface area contributed by atoms with E-state index in [9.17, 15) is 0 Å². The summed E-state index contributed by atoms with van der Waals surface area (Å²) in [5.74, 6) is 0.733. The van der Waals surface area contributed by atoms with Crippen molar-refractivity contribution in [2.75, 3.05) is 13.2 Å². The normalized spacial score (nSPS) is 30.7. The fourth-order valence-electron chi connectivity index (χ4n) is 2.18. The van der Waals surface area contributed by atoms with Gasteiger partial charge in [-0.3, -0.25) is 0 Å². The Kier molecular flexibility index (Phi) is 4.74. The van der Waals surface area contributed by atoms with Crippen LogP contribution in [0.3, 0.4) is 0 Å². The summed E-state index contributed by atoms with van der Waals surface area (Å²) in [6, 6.07) is 0.618. The van der Waals surface area contributed by atoms with Crippen molar-refractivity contribution in [3.8, 4) is 0 Å². The monoisotopic (exact) mass is 185 g/mol. The third-order valence-electron chi connectivity index (χ3n) is 3.02. The maximum Gasteiger partial charge on any atom is 0.0616 e. The van der Waals surface area contributed by atoms with E-state index in [0.29, 0.717) is 12.1 Å². The lowest BCUT2D eigenvalue weighted by Crippen LogP contribution is -2.37. The molecule has 1 aliphatic heterocycles. The van der Waals surface area contributed by atoms with E-state index >= 15 is 0 Å². The first kappa shape index (κ1) is 11.0. The van der Waals surface area contributed by atoms with Crippen LogP contribution in [0.4, 0.5) is 0 Å². The molecule has 2 heteroatoms. The first-order chi connectivity index (χ1) is 6.29. The maximum absolute atomic E-state index is 5.68.